The highest BCUT2D eigenvalue weighted by molar-refractivity contribution is 5.89. The molecule has 19 heavy (non-hydrogen) atoms. The first kappa shape index (κ1) is 12.7. The molecule has 0 radical (unpaired) electrons. The van der Waals surface area contributed by atoms with E-state index >= 15 is 0 Å². The van der Waals surface area contributed by atoms with Crippen LogP contribution >= 0.6 is 0 Å². The Morgan fingerprint density at radius 1 is 0.947 bits per heavy atom. The molecule has 0 unspecified atom stereocenters. The van der Waals surface area contributed by atoms with Gasteiger partial charge in [-0.1, -0.05) is 30.3 Å². The first-order chi connectivity index (χ1) is 9.15. The molecule has 0 spiro atoms. The van der Waals surface area contributed by atoms with Crippen molar-refractivity contribution in [1.82, 2.24) is 0 Å². The summed E-state index contributed by atoms with van der Waals surface area (Å²) < 4.78 is 5.60. The van der Waals surface area contributed by atoms with E-state index in [0.29, 0.717) is 17.1 Å². The van der Waals surface area contributed by atoms with Gasteiger partial charge >= 0.3 is 5.97 Å². The molecule has 0 atom stereocenters. The van der Waals surface area contributed by atoms with Crippen LogP contribution in [0.1, 0.15) is 5.56 Å². The summed E-state index contributed by atoms with van der Waals surface area (Å²) in [6.45, 7) is 0. The molecule has 2 rings (SSSR count). The Kier molecular flexibility index (Phi) is 3.83. The normalized spacial score (nSPS) is 11.1. The van der Waals surface area contributed by atoms with Gasteiger partial charge in [-0.15, -0.1) is 0 Å². The second kappa shape index (κ2) is 5.73. The predicted molar refractivity (Wildman–Crippen MR) is 71.2 cm³/mol. The molecule has 4 heteroatoms. The standard InChI is InChI=1S/C15H12O4/c16-14(15(17)18)10-11-5-4-8-13(9-11)19-12-6-2-1-3-7-12/h1-10,16H,(H,17,18). The molecule has 2 N–H and O–H groups in total. The van der Waals surface area contributed by atoms with E-state index in [-0.39, 0.29) is 0 Å². The molecule has 2 aromatic rings. The Labute approximate surface area is 110 Å². The fourth-order valence-corrected chi connectivity index (χ4v) is 1.51. The molecule has 96 valence electrons. The lowest BCUT2D eigenvalue weighted by atomic mass is 10.2. The largest absolute Gasteiger partial charge is 0.502 e. The van der Waals surface area contributed by atoms with Gasteiger partial charge in [-0.25, -0.2) is 4.79 Å². The van der Waals surface area contributed by atoms with Crippen LogP contribution in [0.15, 0.2) is 60.4 Å². The second-order valence-corrected chi connectivity index (χ2v) is 3.82. The summed E-state index contributed by atoms with van der Waals surface area (Å²) in [5.41, 5.74) is 0.549. The molecule has 0 amide bonds. The lowest BCUT2D eigenvalue weighted by Gasteiger charge is -2.06. The van der Waals surface area contributed by atoms with Crippen LogP contribution in [-0.4, -0.2) is 16.2 Å². The van der Waals surface area contributed by atoms with Gasteiger partial charge in [-0.3, -0.25) is 0 Å². The number of benzene rings is 2. The van der Waals surface area contributed by atoms with Crippen LogP contribution in [0.2, 0.25) is 0 Å². The highest BCUT2D eigenvalue weighted by Gasteiger charge is 2.04. The van der Waals surface area contributed by atoms with Crippen molar-refractivity contribution in [3.63, 3.8) is 0 Å². The van der Waals surface area contributed by atoms with E-state index in [4.69, 9.17) is 9.84 Å². The molecule has 0 aliphatic heterocycles. The monoisotopic (exact) mass is 256 g/mol. The quantitative estimate of drug-likeness (QED) is 0.649. The fourth-order valence-electron chi connectivity index (χ4n) is 1.51. The molecule has 0 aromatic heterocycles. The van der Waals surface area contributed by atoms with Gasteiger partial charge in [-0.05, 0) is 35.9 Å². The molecular formula is C15H12O4. The first-order valence-electron chi connectivity index (χ1n) is 5.62. The van der Waals surface area contributed by atoms with Crippen molar-refractivity contribution >= 4 is 12.0 Å². The second-order valence-electron chi connectivity index (χ2n) is 3.82. The molecule has 0 aliphatic carbocycles. The summed E-state index contributed by atoms with van der Waals surface area (Å²) in [7, 11) is 0. The molecule has 0 fully saturated rings. The topological polar surface area (TPSA) is 66.8 Å². The number of aliphatic hydroxyl groups is 1. The molecule has 0 bridgehead atoms. The first-order valence-corrected chi connectivity index (χ1v) is 5.62. The molecule has 0 saturated heterocycles. The number of carbonyl (C=O) groups is 1. The minimum Gasteiger partial charge on any atom is -0.502 e. The highest BCUT2D eigenvalue weighted by Crippen LogP contribution is 2.22. The maximum absolute atomic E-state index is 10.5. The van der Waals surface area contributed by atoms with Crippen LogP contribution in [0.3, 0.4) is 0 Å². The Balaban J connectivity index is 2.20. The average molecular weight is 256 g/mol. The van der Waals surface area contributed by atoms with Crippen molar-refractivity contribution in [3.05, 3.63) is 65.9 Å². The fraction of sp³-hybridized carbons (Fsp3) is 0. The SMILES string of the molecule is O=C(O)C(O)=Cc1cccc(Oc2ccccc2)c1. The number of hydrogen-bond acceptors (Lipinski definition) is 3. The number of carboxylic acid groups (broad SMARTS) is 1. The Bertz CT molecular complexity index is 603. The third-order valence-electron chi connectivity index (χ3n) is 2.36. The van der Waals surface area contributed by atoms with Gasteiger partial charge in [0.2, 0.25) is 5.76 Å². The van der Waals surface area contributed by atoms with Gasteiger partial charge in [0.25, 0.3) is 0 Å². The van der Waals surface area contributed by atoms with E-state index in [0.717, 1.165) is 0 Å². The lowest BCUT2D eigenvalue weighted by Crippen LogP contribution is -1.98. The highest BCUT2D eigenvalue weighted by atomic mass is 16.5. The zero-order valence-electron chi connectivity index (χ0n) is 9.98. The number of aliphatic hydroxyl groups excluding tert-OH is 1. The van der Waals surface area contributed by atoms with Crippen molar-refractivity contribution in [3.8, 4) is 11.5 Å². The summed E-state index contributed by atoms with van der Waals surface area (Å²) in [5.74, 6) is -0.824. The molecular weight excluding hydrogens is 244 g/mol. The van der Waals surface area contributed by atoms with E-state index in [1.807, 2.05) is 30.3 Å². The number of para-hydroxylation sites is 1. The number of rotatable bonds is 4. The number of ether oxygens (including phenoxy) is 1. The van der Waals surface area contributed by atoms with Gasteiger partial charge < -0.3 is 14.9 Å². The Morgan fingerprint density at radius 3 is 2.32 bits per heavy atom. The smallest absolute Gasteiger partial charge is 0.370 e. The molecule has 0 heterocycles. The van der Waals surface area contributed by atoms with Gasteiger partial charge in [0.1, 0.15) is 11.5 Å². The Morgan fingerprint density at radius 2 is 1.63 bits per heavy atom. The van der Waals surface area contributed by atoms with Crippen LogP contribution < -0.4 is 4.74 Å². The summed E-state index contributed by atoms with van der Waals surface area (Å²) in [5, 5.41) is 17.8. The van der Waals surface area contributed by atoms with Gasteiger partial charge in [-0.2, -0.15) is 0 Å². The van der Waals surface area contributed by atoms with Crippen molar-refractivity contribution in [2.24, 2.45) is 0 Å². The van der Waals surface area contributed by atoms with Crippen LogP contribution in [0.5, 0.6) is 11.5 Å². The number of carboxylic acids is 1. The van der Waals surface area contributed by atoms with Crippen molar-refractivity contribution in [2.45, 2.75) is 0 Å². The van der Waals surface area contributed by atoms with E-state index in [1.54, 1.807) is 24.3 Å². The van der Waals surface area contributed by atoms with Crippen molar-refractivity contribution in [2.75, 3.05) is 0 Å². The summed E-state index contributed by atoms with van der Waals surface area (Å²) in [6.07, 6.45) is 1.17. The number of aliphatic carboxylic acids is 1. The van der Waals surface area contributed by atoms with Gasteiger partial charge in [0.15, 0.2) is 0 Å². The van der Waals surface area contributed by atoms with Crippen LogP contribution in [0.25, 0.3) is 6.08 Å². The molecule has 0 aliphatic rings. The third kappa shape index (κ3) is 3.61. The lowest BCUT2D eigenvalue weighted by molar-refractivity contribution is -0.135. The summed E-state index contributed by atoms with van der Waals surface area (Å²) >= 11 is 0. The molecule has 4 nitrogen and oxygen atoms in total. The zero-order valence-corrected chi connectivity index (χ0v) is 9.98. The third-order valence-corrected chi connectivity index (χ3v) is 2.36. The van der Waals surface area contributed by atoms with Crippen LogP contribution in [0.4, 0.5) is 0 Å². The van der Waals surface area contributed by atoms with Gasteiger partial charge in [0.05, 0.1) is 0 Å². The molecule has 0 saturated carbocycles. The zero-order chi connectivity index (χ0) is 13.7. The van der Waals surface area contributed by atoms with Crippen LogP contribution in [-0.2, 0) is 4.79 Å². The minimum absolute atomic E-state index is 0.549. The number of hydrogen-bond donors (Lipinski definition) is 2. The Hall–Kier alpha value is -2.75. The van der Waals surface area contributed by atoms with E-state index in [1.165, 1.54) is 6.08 Å². The maximum Gasteiger partial charge on any atom is 0.370 e. The van der Waals surface area contributed by atoms with Crippen LogP contribution in [0, 0.1) is 0 Å². The summed E-state index contributed by atoms with van der Waals surface area (Å²) in [6, 6.07) is 16.0. The van der Waals surface area contributed by atoms with E-state index < -0.39 is 11.7 Å². The van der Waals surface area contributed by atoms with E-state index in [9.17, 15) is 9.90 Å². The van der Waals surface area contributed by atoms with Crippen molar-refractivity contribution in [1.29, 1.82) is 0 Å². The van der Waals surface area contributed by atoms with Gasteiger partial charge in [0, 0.05) is 0 Å². The van der Waals surface area contributed by atoms with Crippen molar-refractivity contribution < 1.29 is 19.7 Å². The average Bonchev–Trinajstić information content (AvgIpc) is 2.40. The molecule has 2 aromatic carbocycles. The minimum atomic E-state index is -1.37. The summed E-state index contributed by atoms with van der Waals surface area (Å²) in [4.78, 5) is 10.5. The maximum atomic E-state index is 10.5. The predicted octanol–water partition coefficient (Wildman–Crippen LogP) is 3.46. The van der Waals surface area contributed by atoms with E-state index in [2.05, 4.69) is 0 Å².